The molecule has 0 amide bonds. The van der Waals surface area contributed by atoms with Crippen LogP contribution in [0.15, 0.2) is 17.1 Å². The van der Waals surface area contributed by atoms with Crippen molar-refractivity contribution in [1.82, 2.24) is 14.2 Å². The summed E-state index contributed by atoms with van der Waals surface area (Å²) in [5.41, 5.74) is 0.802. The van der Waals surface area contributed by atoms with Gasteiger partial charge in [-0.25, -0.2) is 4.68 Å². The average Bonchev–Trinajstić information content (AvgIpc) is 2.97. The first-order valence-corrected chi connectivity index (χ1v) is 9.23. The number of aliphatic hydroxyl groups is 1. The lowest BCUT2D eigenvalue weighted by atomic mass is 9.70. The van der Waals surface area contributed by atoms with E-state index in [0.29, 0.717) is 23.8 Å². The van der Waals surface area contributed by atoms with Gasteiger partial charge in [0.05, 0.1) is 5.60 Å². The van der Waals surface area contributed by atoms with Gasteiger partial charge < -0.3 is 10.0 Å². The van der Waals surface area contributed by atoms with E-state index in [9.17, 15) is 14.7 Å². The second-order valence-electron chi connectivity index (χ2n) is 7.96. The topological polar surface area (TPSA) is 79.8 Å². The molecule has 0 unspecified atom stereocenters. The fraction of sp³-hybridized carbons (Fsp3) is 0.632. The molecule has 2 aromatic heterocycles. The number of fused-ring (bicyclic) bond motifs is 1. The molecule has 7 heteroatoms. The molecule has 1 saturated carbocycles. The SMILES string of the molecule is CCc1cc2c(=O)n(CC(=O)CCC3CC(C)(O)C3)nc(N(C)C)n2c1. The molecule has 26 heavy (non-hydrogen) atoms. The highest BCUT2D eigenvalue weighted by molar-refractivity contribution is 5.78. The van der Waals surface area contributed by atoms with Crippen molar-refractivity contribution in [2.24, 2.45) is 5.92 Å². The molecular weight excluding hydrogens is 332 g/mol. The Kier molecular flexibility index (Phi) is 4.92. The van der Waals surface area contributed by atoms with Gasteiger partial charge in [-0.15, -0.1) is 5.10 Å². The van der Waals surface area contributed by atoms with Crippen molar-refractivity contribution in [2.75, 3.05) is 19.0 Å². The highest BCUT2D eigenvalue weighted by Crippen LogP contribution is 2.39. The molecule has 1 aliphatic rings. The zero-order valence-corrected chi connectivity index (χ0v) is 16.0. The lowest BCUT2D eigenvalue weighted by Crippen LogP contribution is -2.41. The normalized spacial score (nSPS) is 22.4. The van der Waals surface area contributed by atoms with Crippen molar-refractivity contribution >= 4 is 17.2 Å². The largest absolute Gasteiger partial charge is 0.390 e. The van der Waals surface area contributed by atoms with E-state index in [4.69, 9.17) is 0 Å². The van der Waals surface area contributed by atoms with Crippen molar-refractivity contribution in [3.63, 3.8) is 0 Å². The predicted octanol–water partition coefficient (Wildman–Crippen LogP) is 1.63. The Balaban J connectivity index is 1.77. The summed E-state index contributed by atoms with van der Waals surface area (Å²) in [6, 6.07) is 1.87. The average molecular weight is 360 g/mol. The van der Waals surface area contributed by atoms with E-state index in [1.54, 1.807) is 4.40 Å². The number of carbonyl (C=O) groups is 1. The Morgan fingerprint density at radius 1 is 1.42 bits per heavy atom. The number of hydrogen-bond donors (Lipinski definition) is 1. The summed E-state index contributed by atoms with van der Waals surface area (Å²) in [5, 5.41) is 14.2. The number of anilines is 1. The van der Waals surface area contributed by atoms with E-state index in [-0.39, 0.29) is 17.9 Å². The fourth-order valence-corrected chi connectivity index (χ4v) is 3.79. The van der Waals surface area contributed by atoms with Crippen LogP contribution in [-0.4, -0.2) is 44.8 Å². The Bertz CT molecular complexity index is 871. The van der Waals surface area contributed by atoms with Gasteiger partial charge in [-0.1, -0.05) is 6.92 Å². The maximum absolute atomic E-state index is 12.7. The highest BCUT2D eigenvalue weighted by Gasteiger charge is 2.37. The van der Waals surface area contributed by atoms with Crippen molar-refractivity contribution in [3.05, 3.63) is 28.2 Å². The second kappa shape index (κ2) is 6.87. The molecule has 142 valence electrons. The summed E-state index contributed by atoms with van der Waals surface area (Å²) in [7, 11) is 3.74. The standard InChI is InChI=1S/C19H28N4O3/c1-5-13-8-16-17(25)23(20-18(21(3)4)22(16)11-13)12-15(24)7-6-14-9-19(2,26)10-14/h8,11,14,26H,5-7,9-10,12H2,1-4H3. The third kappa shape index (κ3) is 3.67. The number of hydrogen-bond acceptors (Lipinski definition) is 5. The summed E-state index contributed by atoms with van der Waals surface area (Å²) in [6.07, 6.45) is 5.43. The molecule has 0 atom stereocenters. The van der Waals surface area contributed by atoms with E-state index in [2.05, 4.69) is 5.10 Å². The van der Waals surface area contributed by atoms with Crippen LogP contribution in [0.5, 0.6) is 0 Å². The van der Waals surface area contributed by atoms with E-state index in [1.807, 2.05) is 45.1 Å². The fourth-order valence-electron chi connectivity index (χ4n) is 3.79. The quantitative estimate of drug-likeness (QED) is 0.812. The molecular formula is C19H28N4O3. The van der Waals surface area contributed by atoms with Gasteiger partial charge in [0.25, 0.3) is 5.56 Å². The maximum atomic E-state index is 12.7. The molecule has 0 spiro atoms. The van der Waals surface area contributed by atoms with Crippen LogP contribution >= 0.6 is 0 Å². The molecule has 1 aliphatic carbocycles. The van der Waals surface area contributed by atoms with Crippen LogP contribution in [0.4, 0.5) is 5.95 Å². The van der Waals surface area contributed by atoms with Crippen LogP contribution in [-0.2, 0) is 17.8 Å². The minimum absolute atomic E-state index is 0.00229. The van der Waals surface area contributed by atoms with Crippen LogP contribution < -0.4 is 10.5 Å². The van der Waals surface area contributed by atoms with Crippen LogP contribution in [0.25, 0.3) is 5.52 Å². The second-order valence-corrected chi connectivity index (χ2v) is 7.96. The lowest BCUT2D eigenvalue weighted by Gasteiger charge is -2.41. The molecule has 0 saturated heterocycles. The van der Waals surface area contributed by atoms with Crippen molar-refractivity contribution in [3.8, 4) is 0 Å². The van der Waals surface area contributed by atoms with Crippen molar-refractivity contribution in [2.45, 2.75) is 58.1 Å². The third-order valence-electron chi connectivity index (χ3n) is 5.18. The molecule has 7 nitrogen and oxygen atoms in total. The van der Waals surface area contributed by atoms with E-state index in [1.165, 1.54) is 4.68 Å². The van der Waals surface area contributed by atoms with E-state index in [0.717, 1.165) is 31.2 Å². The van der Waals surface area contributed by atoms with Crippen molar-refractivity contribution < 1.29 is 9.90 Å². The molecule has 0 aliphatic heterocycles. The Morgan fingerprint density at radius 3 is 2.69 bits per heavy atom. The molecule has 1 fully saturated rings. The summed E-state index contributed by atoms with van der Waals surface area (Å²) >= 11 is 0. The van der Waals surface area contributed by atoms with Gasteiger partial charge in [-0.05, 0) is 50.2 Å². The van der Waals surface area contributed by atoms with Gasteiger partial charge in [0.15, 0.2) is 5.78 Å². The molecule has 0 bridgehead atoms. The number of carbonyl (C=O) groups excluding carboxylic acids is 1. The summed E-state index contributed by atoms with van der Waals surface area (Å²) in [5.74, 6) is 1.03. The smallest absolute Gasteiger partial charge is 0.291 e. The molecule has 0 aromatic carbocycles. The van der Waals surface area contributed by atoms with Crippen LogP contribution in [0.1, 0.15) is 45.1 Å². The van der Waals surface area contributed by atoms with Gasteiger partial charge in [0.1, 0.15) is 12.1 Å². The minimum atomic E-state index is -0.566. The van der Waals surface area contributed by atoms with Crippen molar-refractivity contribution in [1.29, 1.82) is 0 Å². The molecule has 1 N–H and O–H groups in total. The first-order valence-electron chi connectivity index (χ1n) is 9.23. The van der Waals surface area contributed by atoms with Gasteiger partial charge in [0.2, 0.25) is 5.95 Å². The van der Waals surface area contributed by atoms with Crippen LogP contribution in [0, 0.1) is 5.92 Å². The van der Waals surface area contributed by atoms with Crippen LogP contribution in [0.2, 0.25) is 0 Å². The molecule has 3 rings (SSSR count). The zero-order chi connectivity index (χ0) is 19.1. The Labute approximate surface area is 153 Å². The lowest BCUT2D eigenvalue weighted by molar-refractivity contribution is -0.121. The van der Waals surface area contributed by atoms with Gasteiger partial charge in [0, 0.05) is 26.7 Å². The summed E-state index contributed by atoms with van der Waals surface area (Å²) in [4.78, 5) is 26.9. The van der Waals surface area contributed by atoms with Crippen LogP contribution in [0.3, 0.4) is 0 Å². The van der Waals surface area contributed by atoms with Gasteiger partial charge >= 0.3 is 0 Å². The van der Waals surface area contributed by atoms with Gasteiger partial charge in [-0.3, -0.25) is 14.0 Å². The molecule has 0 radical (unpaired) electrons. The first kappa shape index (κ1) is 18.6. The maximum Gasteiger partial charge on any atom is 0.291 e. The number of Topliss-reactive ketones (excluding diaryl/α,β-unsaturated/α-hetero) is 1. The summed E-state index contributed by atoms with van der Waals surface area (Å²) in [6.45, 7) is 3.86. The Hall–Kier alpha value is -2.15. The number of nitrogens with zero attached hydrogens (tertiary/aromatic N) is 4. The zero-order valence-electron chi connectivity index (χ0n) is 16.0. The summed E-state index contributed by atoms with van der Waals surface area (Å²) < 4.78 is 3.07. The Morgan fingerprint density at radius 2 is 2.12 bits per heavy atom. The third-order valence-corrected chi connectivity index (χ3v) is 5.18. The number of aromatic nitrogens is 3. The highest BCUT2D eigenvalue weighted by atomic mass is 16.3. The monoisotopic (exact) mass is 360 g/mol. The minimum Gasteiger partial charge on any atom is -0.390 e. The van der Waals surface area contributed by atoms with E-state index >= 15 is 0 Å². The van der Waals surface area contributed by atoms with Gasteiger partial charge in [-0.2, -0.15) is 0 Å². The predicted molar refractivity (Wildman–Crippen MR) is 101 cm³/mol. The number of aryl methyl sites for hydroxylation is 1. The number of ketones is 1. The first-order chi connectivity index (χ1) is 12.2. The molecule has 2 heterocycles. The number of rotatable bonds is 7. The molecule has 2 aromatic rings. The van der Waals surface area contributed by atoms with E-state index < -0.39 is 5.60 Å².